The van der Waals surface area contributed by atoms with E-state index in [2.05, 4.69) is 108 Å². The van der Waals surface area contributed by atoms with E-state index in [1.54, 1.807) is 0 Å². The maximum absolute atomic E-state index is 6.98. The first kappa shape index (κ1) is 23.5. The van der Waals surface area contributed by atoms with Crippen molar-refractivity contribution in [2.24, 2.45) is 17.9 Å². The third kappa shape index (κ3) is 3.63. The van der Waals surface area contributed by atoms with E-state index >= 15 is 0 Å². The van der Waals surface area contributed by atoms with Crippen LogP contribution in [0.25, 0.3) is 42.9 Å². The number of thiophene rings is 1. The summed E-state index contributed by atoms with van der Waals surface area (Å²) in [7, 11) is 2.18. The van der Waals surface area contributed by atoms with Gasteiger partial charge in [-0.2, -0.15) is 0 Å². The number of aryl methyl sites for hydroxylation is 2. The van der Waals surface area contributed by atoms with Crippen LogP contribution in [0.2, 0.25) is 0 Å². The molecule has 36 heavy (non-hydrogen) atoms. The molecule has 0 saturated heterocycles. The van der Waals surface area contributed by atoms with Crippen molar-refractivity contribution in [3.05, 3.63) is 64.7 Å². The molecule has 0 radical (unpaired) electrons. The minimum atomic E-state index is 0.154. The molecule has 1 aliphatic rings. The maximum atomic E-state index is 6.98. The molecule has 3 aromatic carbocycles. The van der Waals surface area contributed by atoms with Crippen molar-refractivity contribution in [2.45, 2.75) is 61.3 Å². The number of ether oxygens (including phenoxy) is 1. The lowest BCUT2D eigenvalue weighted by Gasteiger charge is -2.28. The molecule has 5 aromatic rings. The number of rotatable bonds is 2. The number of pyridine rings is 1. The normalized spacial score (nSPS) is 13.4. The molecule has 0 aliphatic carbocycles. The van der Waals surface area contributed by atoms with Crippen LogP contribution < -0.4 is 9.30 Å². The third-order valence-electron chi connectivity index (χ3n) is 7.39. The van der Waals surface area contributed by atoms with Crippen LogP contribution in [0.5, 0.6) is 11.5 Å². The minimum absolute atomic E-state index is 0.154. The molecular weight excluding hydrogens is 458 g/mol. The molecule has 0 saturated carbocycles. The largest absolute Gasteiger partial charge is 0.455 e. The van der Waals surface area contributed by atoms with E-state index in [4.69, 9.17) is 4.74 Å². The van der Waals surface area contributed by atoms with Crippen LogP contribution in [0, 0.1) is 17.8 Å². The van der Waals surface area contributed by atoms with E-state index in [9.17, 15) is 0 Å². The Kier molecular flexibility index (Phi) is 5.08. The van der Waals surface area contributed by atoms with Crippen LogP contribution in [0.3, 0.4) is 0 Å². The topological polar surface area (TPSA) is 13.1 Å². The van der Waals surface area contributed by atoms with Gasteiger partial charge in [0.2, 0.25) is 5.69 Å². The van der Waals surface area contributed by atoms with Gasteiger partial charge in [0.15, 0.2) is 6.20 Å². The van der Waals surface area contributed by atoms with Crippen molar-refractivity contribution in [1.82, 2.24) is 0 Å². The second kappa shape index (κ2) is 7.79. The molecule has 0 atom stereocenters. The van der Waals surface area contributed by atoms with Gasteiger partial charge in [-0.3, -0.25) is 0 Å². The van der Waals surface area contributed by atoms with Crippen molar-refractivity contribution in [3.8, 4) is 22.8 Å². The summed E-state index contributed by atoms with van der Waals surface area (Å²) in [4.78, 5) is 0. The smallest absolute Gasteiger partial charge is 0.228 e. The predicted molar refractivity (Wildman–Crippen MR) is 155 cm³/mol. The summed E-state index contributed by atoms with van der Waals surface area (Å²) in [6.07, 6.45) is 4.25. The first-order valence-corrected chi connectivity index (χ1v) is 13.9. The molecular formula is C33H36NOS+. The second-order valence-corrected chi connectivity index (χ2v) is 13.9. The van der Waals surface area contributed by atoms with Crippen molar-refractivity contribution in [1.29, 1.82) is 0 Å². The monoisotopic (exact) mass is 494 g/mol. The Bertz CT molecular complexity index is 1690. The summed E-state index contributed by atoms with van der Waals surface area (Å²) in [5.41, 5.74) is 6.98. The summed E-state index contributed by atoms with van der Waals surface area (Å²) in [6.45, 7) is 16.2. The molecule has 0 fully saturated rings. The lowest BCUT2D eigenvalue weighted by Crippen LogP contribution is -2.32. The van der Waals surface area contributed by atoms with E-state index in [0.29, 0.717) is 0 Å². The summed E-state index contributed by atoms with van der Waals surface area (Å²) >= 11 is 1.85. The van der Waals surface area contributed by atoms with Crippen molar-refractivity contribution < 1.29 is 9.30 Å². The highest BCUT2D eigenvalue weighted by molar-refractivity contribution is 7.17. The van der Waals surface area contributed by atoms with E-state index in [1.807, 2.05) is 11.3 Å². The Morgan fingerprint density at radius 2 is 1.64 bits per heavy atom. The van der Waals surface area contributed by atoms with Gasteiger partial charge in [-0.25, -0.2) is 4.57 Å². The maximum Gasteiger partial charge on any atom is 0.228 e. The zero-order valence-corrected chi connectivity index (χ0v) is 23.6. The number of fused-ring (bicyclic) bond motifs is 5. The summed E-state index contributed by atoms with van der Waals surface area (Å²) in [5.74, 6) is 2.03. The van der Waals surface area contributed by atoms with Gasteiger partial charge in [-0.05, 0) is 75.4 Å². The van der Waals surface area contributed by atoms with Crippen molar-refractivity contribution in [3.63, 3.8) is 0 Å². The Morgan fingerprint density at radius 3 is 2.36 bits per heavy atom. The van der Waals surface area contributed by atoms with Gasteiger partial charge in [-0.15, -0.1) is 11.3 Å². The Morgan fingerprint density at radius 1 is 0.889 bits per heavy atom. The number of nitrogens with zero attached hydrogens (tertiary/aromatic N) is 1. The number of aromatic nitrogens is 1. The highest BCUT2D eigenvalue weighted by atomic mass is 32.1. The fourth-order valence-corrected chi connectivity index (χ4v) is 7.03. The van der Waals surface area contributed by atoms with Crippen LogP contribution in [-0.2, 0) is 19.9 Å². The molecule has 0 N–H and O–H groups in total. The molecule has 2 nitrogen and oxygen atoms in total. The zero-order chi connectivity index (χ0) is 25.6. The zero-order valence-electron chi connectivity index (χ0n) is 22.8. The highest BCUT2D eigenvalue weighted by Gasteiger charge is 2.35. The number of hydrogen-bond donors (Lipinski definition) is 0. The first-order valence-electron chi connectivity index (χ1n) is 13.0. The van der Waals surface area contributed by atoms with Gasteiger partial charge in [0.1, 0.15) is 18.5 Å². The fraction of sp³-hybridized carbons (Fsp3) is 0.364. The molecule has 184 valence electrons. The van der Waals surface area contributed by atoms with Crippen LogP contribution in [0.1, 0.15) is 58.2 Å². The Hall–Kier alpha value is -2.91. The molecule has 0 unspecified atom stereocenters. The molecule has 6 rings (SSSR count). The van der Waals surface area contributed by atoms with Gasteiger partial charge in [0, 0.05) is 21.7 Å². The van der Waals surface area contributed by atoms with Crippen LogP contribution >= 0.6 is 11.3 Å². The molecule has 1 aliphatic heterocycles. The molecule has 3 heterocycles. The molecule has 0 amide bonds. The van der Waals surface area contributed by atoms with Gasteiger partial charge >= 0.3 is 0 Å². The SMILES string of the molecule is Cc1c2c(c(CC(C)(C)C)c3ccsc13)Oc1cc3cccc(CC(C)(C)C)c3c3cc[n+](C)c-2c13. The fourth-order valence-electron chi connectivity index (χ4n) is 6.10. The van der Waals surface area contributed by atoms with E-state index in [-0.39, 0.29) is 10.8 Å². The van der Waals surface area contributed by atoms with Gasteiger partial charge in [0.25, 0.3) is 0 Å². The summed E-state index contributed by atoms with van der Waals surface area (Å²) in [5, 5.41) is 8.73. The third-order valence-corrected chi connectivity index (χ3v) is 8.43. The van der Waals surface area contributed by atoms with Crippen LogP contribution in [-0.4, -0.2) is 0 Å². The average Bonchev–Trinajstić information content (AvgIpc) is 3.26. The summed E-state index contributed by atoms with van der Waals surface area (Å²) in [6, 6.07) is 13.6. The van der Waals surface area contributed by atoms with E-state index in [1.165, 1.54) is 59.6 Å². The van der Waals surface area contributed by atoms with Crippen molar-refractivity contribution in [2.75, 3.05) is 0 Å². The molecule has 3 heteroatoms. The molecule has 0 bridgehead atoms. The number of benzene rings is 3. The standard InChI is InChI=1S/C33H36NOS/c1-19-26-29-28-23(12-14-34(29)8)27-20(10-9-11-21(27)17-32(2,3)4)16-25(28)35-30(26)24(18-33(5,6)7)22-13-15-36-31(19)22/h9-16H,17-18H2,1-8H3/q+1. The Labute approximate surface area is 218 Å². The Balaban J connectivity index is 1.76. The molecule has 2 aromatic heterocycles. The van der Waals surface area contributed by atoms with Crippen molar-refractivity contribution >= 4 is 43.0 Å². The number of hydrogen-bond acceptors (Lipinski definition) is 2. The molecule has 0 spiro atoms. The minimum Gasteiger partial charge on any atom is -0.455 e. The van der Waals surface area contributed by atoms with Gasteiger partial charge < -0.3 is 4.74 Å². The lowest BCUT2D eigenvalue weighted by atomic mass is 9.82. The average molecular weight is 495 g/mol. The quantitative estimate of drug-likeness (QED) is 0.173. The first-order chi connectivity index (χ1) is 16.9. The highest BCUT2D eigenvalue weighted by Crippen LogP contribution is 2.53. The van der Waals surface area contributed by atoms with E-state index in [0.717, 1.165) is 24.3 Å². The summed E-state index contributed by atoms with van der Waals surface area (Å²) < 4.78 is 10.7. The van der Waals surface area contributed by atoms with Gasteiger partial charge in [-0.1, -0.05) is 59.7 Å². The lowest BCUT2D eigenvalue weighted by molar-refractivity contribution is -0.659. The van der Waals surface area contributed by atoms with E-state index < -0.39 is 0 Å². The van der Waals surface area contributed by atoms with Gasteiger partial charge in [0.05, 0.1) is 10.9 Å². The predicted octanol–water partition coefficient (Wildman–Crippen LogP) is 9.29. The second-order valence-electron chi connectivity index (χ2n) is 13.0. The van der Waals surface area contributed by atoms with Crippen LogP contribution in [0.15, 0.2) is 48.0 Å². The van der Waals surface area contributed by atoms with Crippen LogP contribution in [0.4, 0.5) is 0 Å².